The lowest BCUT2D eigenvalue weighted by Crippen LogP contribution is -2.44. The van der Waals surface area contributed by atoms with Crippen molar-refractivity contribution in [2.24, 2.45) is 5.92 Å². The fourth-order valence-corrected chi connectivity index (χ4v) is 6.89. The van der Waals surface area contributed by atoms with E-state index in [2.05, 4.69) is 17.4 Å². The fourth-order valence-electron chi connectivity index (χ4n) is 5.42. The molecule has 5 rings (SSSR count). The van der Waals surface area contributed by atoms with Crippen LogP contribution in [-0.2, 0) is 26.0 Å². The van der Waals surface area contributed by atoms with Crippen LogP contribution in [0.4, 0.5) is 5.69 Å². The number of nitrogens with zero attached hydrogens (tertiary/aromatic N) is 2. The van der Waals surface area contributed by atoms with E-state index in [-0.39, 0.29) is 28.7 Å². The Balaban J connectivity index is 1.19. The minimum atomic E-state index is -3.63. The molecule has 2 aromatic rings. The van der Waals surface area contributed by atoms with E-state index in [0.29, 0.717) is 38.9 Å². The van der Waals surface area contributed by atoms with Gasteiger partial charge in [-0.25, -0.2) is 8.42 Å². The number of aryl methyl sites for hydroxylation is 1. The number of nitrogens with one attached hydrogen (secondary N) is 1. The molecule has 0 saturated carbocycles. The molecular formula is C26H31N3O4S. The average Bonchev–Trinajstić information content (AvgIpc) is 3.30. The molecule has 2 aromatic carbocycles. The molecule has 180 valence electrons. The van der Waals surface area contributed by atoms with Crippen molar-refractivity contribution in [2.75, 3.05) is 24.5 Å². The van der Waals surface area contributed by atoms with Crippen LogP contribution in [0.5, 0.6) is 0 Å². The molecule has 0 aromatic heterocycles. The summed E-state index contributed by atoms with van der Waals surface area (Å²) in [6, 6.07) is 14.9. The molecule has 3 aliphatic rings. The van der Waals surface area contributed by atoms with Gasteiger partial charge in [-0.3, -0.25) is 9.59 Å². The summed E-state index contributed by atoms with van der Waals surface area (Å²) in [5.41, 5.74) is 3.25. The summed E-state index contributed by atoms with van der Waals surface area (Å²) >= 11 is 0. The van der Waals surface area contributed by atoms with Gasteiger partial charge in [-0.15, -0.1) is 0 Å². The van der Waals surface area contributed by atoms with E-state index in [1.807, 2.05) is 12.1 Å². The van der Waals surface area contributed by atoms with E-state index in [1.54, 1.807) is 29.2 Å². The molecule has 0 spiro atoms. The zero-order valence-electron chi connectivity index (χ0n) is 19.3. The third-order valence-electron chi connectivity index (χ3n) is 7.37. The minimum absolute atomic E-state index is 0.0263. The quantitative estimate of drug-likeness (QED) is 0.709. The molecule has 34 heavy (non-hydrogen) atoms. The monoisotopic (exact) mass is 481 g/mol. The van der Waals surface area contributed by atoms with Gasteiger partial charge in [0.2, 0.25) is 21.8 Å². The highest BCUT2D eigenvalue weighted by molar-refractivity contribution is 7.89. The first-order valence-electron chi connectivity index (χ1n) is 12.2. The number of rotatable bonds is 5. The third kappa shape index (κ3) is 4.49. The second-order valence-corrected chi connectivity index (χ2v) is 11.4. The van der Waals surface area contributed by atoms with E-state index in [1.165, 1.54) is 15.4 Å². The van der Waals surface area contributed by atoms with E-state index in [9.17, 15) is 18.0 Å². The Hall–Kier alpha value is -2.71. The van der Waals surface area contributed by atoms with Crippen molar-refractivity contribution < 1.29 is 18.0 Å². The first-order chi connectivity index (χ1) is 16.4. The van der Waals surface area contributed by atoms with Gasteiger partial charge < -0.3 is 10.2 Å². The second kappa shape index (κ2) is 9.50. The summed E-state index contributed by atoms with van der Waals surface area (Å²) < 4.78 is 27.8. The normalized spacial score (nSPS) is 21.9. The van der Waals surface area contributed by atoms with E-state index in [4.69, 9.17) is 0 Å². The zero-order chi connectivity index (χ0) is 23.7. The Bertz CT molecular complexity index is 1170. The number of carbonyl (C=O) groups is 2. The highest BCUT2D eigenvalue weighted by Gasteiger charge is 2.33. The van der Waals surface area contributed by atoms with Gasteiger partial charge in [-0.1, -0.05) is 24.3 Å². The van der Waals surface area contributed by atoms with E-state index in [0.717, 1.165) is 31.4 Å². The number of hydrogen-bond acceptors (Lipinski definition) is 4. The number of carbonyl (C=O) groups excluding carboxylic acids is 2. The Morgan fingerprint density at radius 2 is 1.62 bits per heavy atom. The third-order valence-corrected chi connectivity index (χ3v) is 9.28. The number of piperidine rings is 1. The number of benzene rings is 2. The predicted octanol–water partition coefficient (Wildman–Crippen LogP) is 3.41. The van der Waals surface area contributed by atoms with Crippen LogP contribution in [-0.4, -0.2) is 44.2 Å². The maximum Gasteiger partial charge on any atom is 0.243 e. The number of anilines is 1. The van der Waals surface area contributed by atoms with Crippen LogP contribution < -0.4 is 10.2 Å². The van der Waals surface area contributed by atoms with Crippen molar-refractivity contribution in [2.45, 2.75) is 55.9 Å². The summed E-state index contributed by atoms with van der Waals surface area (Å²) in [7, 11) is -3.63. The van der Waals surface area contributed by atoms with E-state index >= 15 is 0 Å². The van der Waals surface area contributed by atoms with Crippen molar-refractivity contribution in [3.63, 3.8) is 0 Å². The van der Waals surface area contributed by atoms with Crippen molar-refractivity contribution in [1.82, 2.24) is 9.62 Å². The van der Waals surface area contributed by atoms with Crippen LogP contribution >= 0.6 is 0 Å². The molecule has 2 saturated heterocycles. The van der Waals surface area contributed by atoms with Gasteiger partial charge >= 0.3 is 0 Å². The van der Waals surface area contributed by atoms with Crippen LogP contribution in [0.15, 0.2) is 53.4 Å². The first-order valence-corrected chi connectivity index (χ1v) is 13.7. The van der Waals surface area contributed by atoms with Crippen molar-refractivity contribution in [3.8, 4) is 0 Å². The maximum absolute atomic E-state index is 13.2. The van der Waals surface area contributed by atoms with Crippen molar-refractivity contribution >= 4 is 27.5 Å². The lowest BCUT2D eigenvalue weighted by Gasteiger charge is -2.32. The molecule has 7 nitrogen and oxygen atoms in total. The molecule has 1 aliphatic carbocycles. The first kappa shape index (κ1) is 23.1. The SMILES string of the molecule is O=C(N[C@@H]1CCCc2ccccc21)C1CCN(S(=O)(=O)c2ccc(N3CCCC3=O)cc2)CC1. The van der Waals surface area contributed by atoms with Gasteiger partial charge in [0.05, 0.1) is 10.9 Å². The van der Waals surface area contributed by atoms with Crippen LogP contribution in [0.2, 0.25) is 0 Å². The smallest absolute Gasteiger partial charge is 0.243 e. The molecule has 1 atom stereocenters. The Kier molecular flexibility index (Phi) is 6.44. The summed E-state index contributed by atoms with van der Waals surface area (Å²) in [6.45, 7) is 1.33. The molecule has 0 bridgehead atoms. The average molecular weight is 482 g/mol. The van der Waals surface area contributed by atoms with E-state index < -0.39 is 10.0 Å². The second-order valence-electron chi connectivity index (χ2n) is 9.47. The largest absolute Gasteiger partial charge is 0.349 e. The predicted molar refractivity (Wildman–Crippen MR) is 130 cm³/mol. The topological polar surface area (TPSA) is 86.8 Å². The standard InChI is InChI=1S/C26H31N3O4S/c30-25-9-4-16-29(25)21-10-12-22(13-11-21)34(32,33)28-17-14-20(15-18-28)26(31)27-24-8-3-6-19-5-1-2-7-23(19)24/h1-2,5,7,10-13,20,24H,3-4,6,8-9,14-18H2,(H,27,31)/t24-/m1/s1. The van der Waals surface area contributed by atoms with Gasteiger partial charge in [0, 0.05) is 37.7 Å². The van der Waals surface area contributed by atoms with Gasteiger partial charge in [0.1, 0.15) is 0 Å². The Labute approximate surface area is 201 Å². The summed E-state index contributed by atoms with van der Waals surface area (Å²) in [4.78, 5) is 26.9. The number of sulfonamides is 1. The van der Waals surface area contributed by atoms with Gasteiger partial charge in [-0.05, 0) is 73.9 Å². The lowest BCUT2D eigenvalue weighted by molar-refractivity contribution is -0.127. The van der Waals surface area contributed by atoms with Crippen molar-refractivity contribution in [1.29, 1.82) is 0 Å². The number of amides is 2. The Morgan fingerprint density at radius 3 is 2.32 bits per heavy atom. The van der Waals surface area contributed by atoms with Gasteiger partial charge in [0.25, 0.3) is 0 Å². The molecule has 2 aliphatic heterocycles. The zero-order valence-corrected chi connectivity index (χ0v) is 20.1. The Morgan fingerprint density at radius 1 is 0.882 bits per heavy atom. The highest BCUT2D eigenvalue weighted by atomic mass is 32.2. The molecule has 1 N–H and O–H groups in total. The maximum atomic E-state index is 13.2. The summed E-state index contributed by atoms with van der Waals surface area (Å²) in [5, 5.41) is 3.23. The van der Waals surface area contributed by atoms with Crippen LogP contribution in [0.1, 0.15) is 55.7 Å². The molecule has 2 fully saturated rings. The fraction of sp³-hybridized carbons (Fsp3) is 0.462. The minimum Gasteiger partial charge on any atom is -0.349 e. The summed E-state index contributed by atoms with van der Waals surface area (Å²) in [6.07, 6.45) is 5.44. The van der Waals surface area contributed by atoms with Crippen LogP contribution in [0, 0.1) is 5.92 Å². The molecular weight excluding hydrogens is 450 g/mol. The molecule has 0 unspecified atom stereocenters. The molecule has 2 amide bonds. The molecule has 8 heteroatoms. The van der Waals surface area contributed by atoms with Crippen LogP contribution in [0.3, 0.4) is 0 Å². The lowest BCUT2D eigenvalue weighted by atomic mass is 9.87. The number of hydrogen-bond donors (Lipinski definition) is 1. The molecule has 0 radical (unpaired) electrons. The van der Waals surface area contributed by atoms with Gasteiger partial charge in [0.15, 0.2) is 0 Å². The van der Waals surface area contributed by atoms with Crippen LogP contribution in [0.25, 0.3) is 0 Å². The number of fused-ring (bicyclic) bond motifs is 1. The van der Waals surface area contributed by atoms with Gasteiger partial charge in [-0.2, -0.15) is 4.31 Å². The van der Waals surface area contributed by atoms with Crippen molar-refractivity contribution in [3.05, 3.63) is 59.7 Å². The highest BCUT2D eigenvalue weighted by Crippen LogP contribution is 2.31. The summed E-state index contributed by atoms with van der Waals surface area (Å²) in [5.74, 6) is -0.0739. The molecule has 2 heterocycles.